The van der Waals surface area contributed by atoms with Crippen LogP contribution in [0.25, 0.3) is 10.9 Å². The van der Waals surface area contributed by atoms with E-state index in [9.17, 15) is 68.4 Å². The number of H-pyrrole nitrogens is 1. The van der Waals surface area contributed by atoms with Crippen molar-refractivity contribution in [2.24, 2.45) is 11.7 Å². The van der Waals surface area contributed by atoms with Crippen LogP contribution in [-0.4, -0.2) is 290 Å². The number of likely N-dealkylation sites (N-methyl/N-ethyl adjacent to an activating group) is 5. The number of carboxylic acid groups (broad SMARTS) is 2. The van der Waals surface area contributed by atoms with Gasteiger partial charge in [-0.25, -0.2) is 0 Å². The van der Waals surface area contributed by atoms with Gasteiger partial charge in [-0.1, -0.05) is 167 Å². The van der Waals surface area contributed by atoms with Gasteiger partial charge in [-0.3, -0.25) is 81.6 Å². The number of unbranched alkanes of at least 4 members (excludes halogenated alkanes) is 1. The number of carbonyl (C=O) groups excluding carboxylic acids is 15. The Balaban J connectivity index is 1.23. The lowest BCUT2D eigenvalue weighted by Gasteiger charge is -2.43. The van der Waals surface area contributed by atoms with Crippen LogP contribution in [0.5, 0.6) is 11.5 Å². The number of aldehydes is 1. The quantitative estimate of drug-likeness (QED) is 0.0342. The summed E-state index contributed by atoms with van der Waals surface area (Å²) in [5.41, 5.74) is 7.00. The van der Waals surface area contributed by atoms with Gasteiger partial charge in [0, 0.05) is 103 Å². The van der Waals surface area contributed by atoms with Crippen LogP contribution in [0.1, 0.15) is 99.1 Å². The number of nitrogens with two attached hydrogens (primary N) is 1. The summed E-state index contributed by atoms with van der Waals surface area (Å²) in [7, 11) is 6.54. The number of para-hydroxylation sites is 1. The number of aliphatic carboxylic acids is 2. The molecule has 7 aromatic rings. The largest absolute Gasteiger partial charge is 0.508 e. The van der Waals surface area contributed by atoms with Gasteiger partial charge in [0.25, 0.3) is 0 Å². The normalized spacial score (nSPS) is 22.2. The van der Waals surface area contributed by atoms with E-state index < -0.39 is 211 Å². The van der Waals surface area contributed by atoms with E-state index in [1.807, 2.05) is 6.92 Å². The standard InChI is InChI=1S/C94H118N16O21S/c1-9-10-30-76-93(131)107(5)52-80(116)99-72(47-83(120)121)88(126)101-68(39-40-82(118)119)91(129)109(7)77(45-59-24-16-12-17-25-59)89(127)104-73(44-61-33-37-65(113)38-34-61)90(128)106(4)51-79(115)98-71(46-63-49-96-67-29-21-20-28-66(63)67)87(125)103-70(42-60-31-35-64(112)36-32-60)86(124)102-69(41-57(2)3)85(123)105-75(84(122)97-50-78(95)114)53-132-54-81(117)100-74(43-58-22-14-11-15-23-58)92(130)110(8)94(56-111,55-108(76)6)48-62-26-18-13-19-27-62/h11-29,31-38,49,56-57,68-77,96,112-113H,9-10,30,39-48,50-55H2,1-8H3,(H2,95,114)(H,97,122)(H,98,115)(H,99,116)(H,100,117)(H,101,126)(H,102,124)(H,103,125)(H,104,127)(H,105,123)(H,118,119)(H,120,121)/t68-,69-,70?,71-,72-,73-,74-,75-,76-,77-,94-/m0/s1. The molecule has 0 aliphatic carbocycles. The molecule has 0 radical (unpaired) electrons. The van der Waals surface area contributed by atoms with Crippen molar-refractivity contribution in [3.05, 3.63) is 203 Å². The molecule has 38 heteroatoms. The molecule has 0 bridgehead atoms. The number of aromatic hydroxyl groups is 2. The summed E-state index contributed by atoms with van der Waals surface area (Å²) in [6, 6.07) is 27.3. The van der Waals surface area contributed by atoms with Crippen molar-refractivity contribution in [2.45, 2.75) is 170 Å². The number of hydrogen-bond acceptors (Lipinski definition) is 21. The Morgan fingerprint density at radius 1 is 0.508 bits per heavy atom. The lowest BCUT2D eigenvalue weighted by Crippen LogP contribution is -2.64. The third kappa shape index (κ3) is 31.4. The number of fused-ring (bicyclic) bond motifs is 1. The van der Waals surface area contributed by atoms with Crippen molar-refractivity contribution in [3.8, 4) is 11.5 Å². The number of hydrogen-bond donors (Lipinski definition) is 15. The molecule has 1 fully saturated rings. The van der Waals surface area contributed by atoms with Gasteiger partial charge in [0.2, 0.25) is 82.7 Å². The maximum Gasteiger partial charge on any atom is 0.305 e. The first-order valence-corrected chi connectivity index (χ1v) is 44.4. The molecule has 0 saturated carbocycles. The number of phenolic OH excluding ortho intramolecular Hbond substituents is 2. The fourth-order valence-corrected chi connectivity index (χ4v) is 16.3. The predicted molar refractivity (Wildman–Crippen MR) is 489 cm³/mol. The van der Waals surface area contributed by atoms with Gasteiger partial charge in [-0.05, 0) is 95.9 Å². The Morgan fingerprint density at radius 3 is 1.54 bits per heavy atom. The van der Waals surface area contributed by atoms with E-state index in [4.69, 9.17) is 5.73 Å². The number of primary amides is 1. The van der Waals surface area contributed by atoms with E-state index in [0.29, 0.717) is 63.4 Å². The molecule has 1 unspecified atom stereocenters. The zero-order valence-electron chi connectivity index (χ0n) is 75.0. The third-order valence-corrected chi connectivity index (χ3v) is 23.6. The molecule has 2 heterocycles. The van der Waals surface area contributed by atoms with Crippen LogP contribution < -0.4 is 53.6 Å². The number of carbonyl (C=O) groups is 17. The fraction of sp³-hybridized carbons (Fsp3) is 0.415. The Labute approximate surface area is 768 Å². The number of aromatic amines is 1. The number of carboxylic acids is 2. The monoisotopic (exact) mass is 1840 g/mol. The second-order valence-electron chi connectivity index (χ2n) is 33.4. The van der Waals surface area contributed by atoms with Crippen LogP contribution in [0.3, 0.4) is 0 Å². The molecule has 132 heavy (non-hydrogen) atoms. The SMILES string of the molecule is CCCC[C@H]1C(=O)N(C)CC(=O)N[C@@H](CC(=O)O)C(=O)N[C@@H](CCC(=O)O)C(=O)N(C)[C@@H](Cc2ccccc2)C(=O)N[C@@H](Cc2ccc(O)cc2)C(=O)N(C)CC(=O)N[C@@H](Cc2c[nH]c3ccccc23)C(=O)NC(Cc2ccc(O)cc2)C(=O)N[C@@H](CC(C)C)C(=O)N[C@H](C(=O)NCC(N)=O)CSCC(=O)N[C@@H](Cc2ccccc2)C(=O)N(C)[C@@](C=O)(Cc2ccccc2)CN1C. The number of phenols is 2. The van der Waals surface area contributed by atoms with Crippen molar-refractivity contribution in [3.63, 3.8) is 0 Å². The van der Waals surface area contributed by atoms with E-state index in [2.05, 4.69) is 52.8 Å². The van der Waals surface area contributed by atoms with Crippen molar-refractivity contribution in [1.29, 1.82) is 0 Å². The zero-order valence-corrected chi connectivity index (χ0v) is 75.8. The number of amides is 14. The molecule has 37 nitrogen and oxygen atoms in total. The van der Waals surface area contributed by atoms with Crippen LogP contribution in [-0.2, 0) is 120 Å². The topological polar surface area (TPSA) is 537 Å². The summed E-state index contributed by atoms with van der Waals surface area (Å²) in [5.74, 6) is -18.2. The molecule has 14 amide bonds. The Morgan fingerprint density at radius 2 is 0.985 bits per heavy atom. The average Bonchev–Trinajstić information content (AvgIpc) is 0.858. The number of nitrogens with one attached hydrogen (secondary N) is 10. The minimum atomic E-state index is -2.03. The van der Waals surface area contributed by atoms with Crippen LogP contribution >= 0.6 is 11.8 Å². The number of thioether (sulfide) groups is 1. The maximum absolute atomic E-state index is 15.6. The fourth-order valence-electron chi connectivity index (χ4n) is 15.4. The van der Waals surface area contributed by atoms with Crippen LogP contribution in [0.2, 0.25) is 0 Å². The van der Waals surface area contributed by atoms with Gasteiger partial charge in [0.1, 0.15) is 77.7 Å². The summed E-state index contributed by atoms with van der Waals surface area (Å²) in [5, 5.41) is 65.3. The summed E-state index contributed by atoms with van der Waals surface area (Å²) in [6.07, 6.45) is -1.16. The summed E-state index contributed by atoms with van der Waals surface area (Å²) >= 11 is 0.815. The van der Waals surface area contributed by atoms with Gasteiger partial charge in [-0.15, -0.1) is 11.8 Å². The summed E-state index contributed by atoms with van der Waals surface area (Å²) < 4.78 is 0. The Kier molecular flexibility index (Phi) is 39.3. The van der Waals surface area contributed by atoms with Gasteiger partial charge in [0.05, 0.1) is 37.8 Å². The van der Waals surface area contributed by atoms with E-state index in [-0.39, 0.29) is 75.3 Å². The van der Waals surface area contributed by atoms with Gasteiger partial charge in [-0.2, -0.15) is 0 Å². The van der Waals surface area contributed by atoms with Crippen molar-refractivity contribution >= 4 is 124 Å². The molecule has 706 valence electrons. The first-order chi connectivity index (χ1) is 62.8. The molecular formula is C94H118N16O21S. The number of benzene rings is 6. The molecular weight excluding hydrogens is 1720 g/mol. The van der Waals surface area contributed by atoms with E-state index in [1.165, 1.54) is 81.6 Å². The highest BCUT2D eigenvalue weighted by Gasteiger charge is 2.45. The number of rotatable bonds is 26. The second kappa shape index (κ2) is 50.2. The van der Waals surface area contributed by atoms with Crippen LogP contribution in [0, 0.1) is 5.92 Å². The second-order valence-corrected chi connectivity index (χ2v) is 34.4. The zero-order chi connectivity index (χ0) is 96.5. The Hall–Kier alpha value is -14.0. The average molecular weight is 1840 g/mol. The predicted octanol–water partition coefficient (Wildman–Crippen LogP) is 1.58. The third-order valence-electron chi connectivity index (χ3n) is 22.5. The van der Waals surface area contributed by atoms with Gasteiger partial charge >= 0.3 is 11.9 Å². The van der Waals surface area contributed by atoms with Crippen molar-refractivity contribution in [1.82, 2.24) is 77.3 Å². The number of nitrogens with zero attached hydrogens (tertiary/aromatic N) is 5. The molecule has 1 aromatic heterocycles. The lowest BCUT2D eigenvalue weighted by atomic mass is 9.88. The van der Waals surface area contributed by atoms with Crippen molar-refractivity contribution < 1.29 is 102 Å². The lowest BCUT2D eigenvalue weighted by molar-refractivity contribution is -0.146. The first kappa shape index (κ1) is 103. The van der Waals surface area contributed by atoms with E-state index in [1.54, 1.807) is 140 Å². The minimum absolute atomic E-state index is 0.0970. The Bertz CT molecular complexity index is 5190. The first-order valence-electron chi connectivity index (χ1n) is 43.3. The molecule has 8 rings (SSSR count). The molecule has 1 aliphatic rings. The number of aromatic nitrogens is 1. The molecule has 1 aliphatic heterocycles. The highest BCUT2D eigenvalue weighted by Crippen LogP contribution is 2.27. The van der Waals surface area contributed by atoms with Crippen LogP contribution in [0.15, 0.2) is 170 Å². The maximum atomic E-state index is 15.6. The minimum Gasteiger partial charge on any atom is -0.508 e. The molecule has 0 spiro atoms. The molecule has 16 N–H and O–H groups in total. The van der Waals surface area contributed by atoms with E-state index >= 15 is 33.6 Å². The summed E-state index contributed by atoms with van der Waals surface area (Å²) in [6.45, 7) is 2.57. The molecule has 1 saturated heterocycles. The molecule has 6 aromatic carbocycles. The molecule has 11 atom stereocenters. The van der Waals surface area contributed by atoms with Gasteiger partial charge < -0.3 is 103 Å². The highest BCUT2D eigenvalue weighted by molar-refractivity contribution is 8.00. The van der Waals surface area contributed by atoms with Crippen molar-refractivity contribution in [2.75, 3.05) is 72.9 Å². The smallest absolute Gasteiger partial charge is 0.305 e. The van der Waals surface area contributed by atoms with E-state index in [0.717, 1.165) is 33.5 Å². The highest BCUT2D eigenvalue weighted by atomic mass is 32.2. The van der Waals surface area contributed by atoms with Crippen LogP contribution in [0.4, 0.5) is 0 Å². The van der Waals surface area contributed by atoms with Gasteiger partial charge in [0.15, 0.2) is 0 Å². The summed E-state index contributed by atoms with van der Waals surface area (Å²) in [4.78, 5) is 255.